The zero-order valence-electron chi connectivity index (χ0n) is 16.0. The maximum absolute atomic E-state index is 12.5. The van der Waals surface area contributed by atoms with Crippen LogP contribution in [0.15, 0.2) is 48.8 Å². The van der Waals surface area contributed by atoms with Crippen molar-refractivity contribution in [3.05, 3.63) is 59.9 Å². The Morgan fingerprint density at radius 1 is 1.10 bits per heavy atom. The molecular formula is C21H26Cl2N4O2. The largest absolute Gasteiger partial charge is 0.352 e. The standard InChI is InChI=1S/C21H24N4O2.2ClH/c26-19(16-4-8-22-9-5-16)25-17-3-1-2-15(12-17)14-24-20(27)18-13-21(18)6-10-23-11-7-21;;/h1-5,8-9,12,18,23H,6-7,10-11,13-14H2,(H,24,27)(H,25,26);2*1H. The Balaban J connectivity index is 0.00000150. The van der Waals surface area contributed by atoms with Crippen molar-refractivity contribution in [2.24, 2.45) is 11.3 Å². The van der Waals surface area contributed by atoms with Crippen LogP contribution >= 0.6 is 24.8 Å². The molecule has 29 heavy (non-hydrogen) atoms. The molecule has 4 rings (SSSR count). The van der Waals surface area contributed by atoms with Gasteiger partial charge in [-0.25, -0.2) is 0 Å². The van der Waals surface area contributed by atoms with E-state index >= 15 is 0 Å². The average molecular weight is 437 g/mol. The minimum absolute atomic E-state index is 0. The minimum atomic E-state index is -0.176. The van der Waals surface area contributed by atoms with E-state index in [4.69, 9.17) is 0 Å². The van der Waals surface area contributed by atoms with Crippen molar-refractivity contribution in [3.8, 4) is 0 Å². The molecule has 6 nitrogen and oxygen atoms in total. The summed E-state index contributed by atoms with van der Waals surface area (Å²) >= 11 is 0. The second kappa shape index (κ2) is 10.1. The van der Waals surface area contributed by atoms with Gasteiger partial charge in [-0.3, -0.25) is 14.6 Å². The summed E-state index contributed by atoms with van der Waals surface area (Å²) in [6.07, 6.45) is 6.40. The van der Waals surface area contributed by atoms with E-state index < -0.39 is 0 Å². The maximum Gasteiger partial charge on any atom is 0.255 e. The molecule has 2 heterocycles. The summed E-state index contributed by atoms with van der Waals surface area (Å²) in [6.45, 7) is 2.51. The normalized spacial score (nSPS) is 18.7. The molecule has 1 atom stereocenters. The molecule has 1 aliphatic heterocycles. The lowest BCUT2D eigenvalue weighted by Crippen LogP contribution is -2.33. The topological polar surface area (TPSA) is 83.1 Å². The predicted molar refractivity (Wildman–Crippen MR) is 118 cm³/mol. The summed E-state index contributed by atoms with van der Waals surface area (Å²) in [4.78, 5) is 28.7. The number of rotatable bonds is 5. The monoisotopic (exact) mass is 436 g/mol. The van der Waals surface area contributed by atoms with Crippen LogP contribution in [-0.2, 0) is 11.3 Å². The summed E-state index contributed by atoms with van der Waals surface area (Å²) in [5.41, 5.74) is 2.49. The van der Waals surface area contributed by atoms with Gasteiger partial charge in [0, 0.05) is 36.1 Å². The number of carbonyl (C=O) groups is 2. The second-order valence-corrected chi connectivity index (χ2v) is 7.48. The van der Waals surface area contributed by atoms with Gasteiger partial charge in [0.2, 0.25) is 5.91 Å². The molecule has 2 amide bonds. The molecule has 2 fully saturated rings. The molecular weight excluding hydrogens is 411 g/mol. The SMILES string of the molecule is Cl.Cl.O=C(Nc1cccc(CNC(=O)C2CC23CCNCC3)c1)c1ccncc1. The van der Waals surface area contributed by atoms with Gasteiger partial charge in [-0.15, -0.1) is 24.8 Å². The molecule has 2 aliphatic rings. The van der Waals surface area contributed by atoms with Crippen molar-refractivity contribution in [2.75, 3.05) is 18.4 Å². The third kappa shape index (κ3) is 5.47. The number of carbonyl (C=O) groups excluding carboxylic acids is 2. The highest BCUT2D eigenvalue weighted by Gasteiger charge is 2.57. The number of nitrogens with zero attached hydrogens (tertiary/aromatic N) is 1. The van der Waals surface area contributed by atoms with Crippen molar-refractivity contribution < 1.29 is 9.59 Å². The number of pyridine rings is 1. The quantitative estimate of drug-likeness (QED) is 0.671. The van der Waals surface area contributed by atoms with E-state index in [9.17, 15) is 9.59 Å². The van der Waals surface area contributed by atoms with Crippen LogP contribution in [-0.4, -0.2) is 29.9 Å². The number of hydrogen-bond donors (Lipinski definition) is 3. The Morgan fingerprint density at radius 3 is 2.55 bits per heavy atom. The number of halogens is 2. The summed E-state index contributed by atoms with van der Waals surface area (Å²) in [7, 11) is 0. The van der Waals surface area contributed by atoms with Crippen LogP contribution in [0.1, 0.15) is 35.2 Å². The third-order valence-electron chi connectivity index (χ3n) is 5.70. The van der Waals surface area contributed by atoms with Gasteiger partial charge >= 0.3 is 0 Å². The lowest BCUT2D eigenvalue weighted by atomic mass is 9.92. The fourth-order valence-corrected chi connectivity index (χ4v) is 3.97. The van der Waals surface area contributed by atoms with Gasteiger partial charge in [0.05, 0.1) is 0 Å². The number of benzene rings is 1. The van der Waals surface area contributed by atoms with Crippen molar-refractivity contribution in [2.45, 2.75) is 25.8 Å². The first-order valence-corrected chi connectivity index (χ1v) is 9.45. The third-order valence-corrected chi connectivity index (χ3v) is 5.70. The molecule has 1 aromatic heterocycles. The number of hydrogen-bond acceptors (Lipinski definition) is 4. The zero-order chi connectivity index (χ0) is 18.7. The van der Waals surface area contributed by atoms with Gasteiger partial charge in [-0.1, -0.05) is 12.1 Å². The molecule has 156 valence electrons. The molecule has 2 aromatic rings. The number of anilines is 1. The summed E-state index contributed by atoms with van der Waals surface area (Å²) < 4.78 is 0. The molecule has 1 unspecified atom stereocenters. The lowest BCUT2D eigenvalue weighted by Gasteiger charge is -2.23. The van der Waals surface area contributed by atoms with E-state index in [0.717, 1.165) is 37.9 Å². The maximum atomic E-state index is 12.5. The Labute approximate surface area is 183 Å². The van der Waals surface area contributed by atoms with E-state index in [0.29, 0.717) is 17.8 Å². The van der Waals surface area contributed by atoms with Gasteiger partial charge in [-0.05, 0) is 67.6 Å². The van der Waals surface area contributed by atoms with E-state index in [1.807, 2.05) is 24.3 Å². The Bertz CT molecular complexity index is 842. The lowest BCUT2D eigenvalue weighted by molar-refractivity contribution is -0.123. The molecule has 1 spiro atoms. The predicted octanol–water partition coefficient (Wildman–Crippen LogP) is 3.18. The second-order valence-electron chi connectivity index (χ2n) is 7.48. The Hall–Kier alpha value is -2.15. The van der Waals surface area contributed by atoms with Gasteiger partial charge < -0.3 is 16.0 Å². The summed E-state index contributed by atoms with van der Waals surface area (Å²) in [5.74, 6) is 0.140. The number of piperidine rings is 1. The number of amides is 2. The molecule has 1 saturated heterocycles. The highest BCUT2D eigenvalue weighted by Crippen LogP contribution is 2.58. The molecule has 0 bridgehead atoms. The minimum Gasteiger partial charge on any atom is -0.352 e. The summed E-state index contributed by atoms with van der Waals surface area (Å²) in [6, 6.07) is 10.9. The van der Waals surface area contributed by atoms with Crippen LogP contribution in [0, 0.1) is 11.3 Å². The zero-order valence-corrected chi connectivity index (χ0v) is 17.7. The first-order chi connectivity index (χ1) is 13.2. The number of aromatic nitrogens is 1. The van der Waals surface area contributed by atoms with Gasteiger partial charge in [0.1, 0.15) is 0 Å². The highest BCUT2D eigenvalue weighted by molar-refractivity contribution is 6.04. The van der Waals surface area contributed by atoms with Crippen LogP contribution in [0.2, 0.25) is 0 Å². The van der Waals surface area contributed by atoms with Crippen molar-refractivity contribution in [1.29, 1.82) is 0 Å². The first-order valence-electron chi connectivity index (χ1n) is 9.45. The molecule has 1 saturated carbocycles. The van der Waals surface area contributed by atoms with Crippen LogP contribution < -0.4 is 16.0 Å². The van der Waals surface area contributed by atoms with Crippen LogP contribution in [0.4, 0.5) is 5.69 Å². The van der Waals surface area contributed by atoms with Gasteiger partial charge in [0.15, 0.2) is 0 Å². The van der Waals surface area contributed by atoms with Crippen molar-refractivity contribution in [1.82, 2.24) is 15.6 Å². The van der Waals surface area contributed by atoms with Gasteiger partial charge in [0.25, 0.3) is 5.91 Å². The fourth-order valence-electron chi connectivity index (χ4n) is 3.97. The Kier molecular flexibility index (Phi) is 8.02. The van der Waals surface area contributed by atoms with E-state index in [1.165, 1.54) is 0 Å². The van der Waals surface area contributed by atoms with Crippen molar-refractivity contribution in [3.63, 3.8) is 0 Å². The number of nitrogens with one attached hydrogen (secondary N) is 3. The molecule has 1 aromatic carbocycles. The molecule has 8 heteroatoms. The Morgan fingerprint density at radius 2 is 1.83 bits per heavy atom. The van der Waals surface area contributed by atoms with E-state index in [2.05, 4.69) is 20.9 Å². The van der Waals surface area contributed by atoms with Gasteiger partial charge in [-0.2, -0.15) is 0 Å². The van der Waals surface area contributed by atoms with Crippen LogP contribution in [0.5, 0.6) is 0 Å². The van der Waals surface area contributed by atoms with Crippen LogP contribution in [0.3, 0.4) is 0 Å². The van der Waals surface area contributed by atoms with Crippen molar-refractivity contribution >= 4 is 42.3 Å². The van der Waals surface area contributed by atoms with E-state index in [-0.39, 0.29) is 48.0 Å². The smallest absolute Gasteiger partial charge is 0.255 e. The van der Waals surface area contributed by atoms with Crippen LogP contribution in [0.25, 0.3) is 0 Å². The average Bonchev–Trinajstić information content (AvgIpc) is 3.40. The molecule has 3 N–H and O–H groups in total. The molecule has 0 radical (unpaired) electrons. The van der Waals surface area contributed by atoms with E-state index in [1.54, 1.807) is 24.5 Å². The summed E-state index contributed by atoms with van der Waals surface area (Å²) in [5, 5.41) is 9.31. The highest BCUT2D eigenvalue weighted by atomic mass is 35.5. The molecule has 1 aliphatic carbocycles. The first kappa shape index (κ1) is 23.1. The fraction of sp³-hybridized carbons (Fsp3) is 0.381.